The first-order valence-corrected chi connectivity index (χ1v) is 12.9. The van der Waals surface area contributed by atoms with Crippen LogP contribution in [0.5, 0.6) is 0 Å². The highest BCUT2D eigenvalue weighted by molar-refractivity contribution is 5.87. The molecule has 4 heteroatoms. The summed E-state index contributed by atoms with van der Waals surface area (Å²) in [5, 5.41) is 0. The van der Waals surface area contributed by atoms with Crippen LogP contribution in [0, 0.1) is 34.5 Å². The molecule has 4 aliphatic carbocycles. The predicted molar refractivity (Wildman–Crippen MR) is 123 cm³/mol. The van der Waals surface area contributed by atoms with Crippen molar-refractivity contribution in [1.82, 2.24) is 4.90 Å². The van der Waals surface area contributed by atoms with Gasteiger partial charge in [0.05, 0.1) is 6.54 Å². The maximum absolute atomic E-state index is 12.8. The van der Waals surface area contributed by atoms with Crippen molar-refractivity contribution in [1.29, 1.82) is 0 Å². The highest BCUT2D eigenvalue weighted by Crippen LogP contribution is 2.66. The summed E-state index contributed by atoms with van der Waals surface area (Å²) >= 11 is 0. The zero-order chi connectivity index (χ0) is 22.1. The fraction of sp³-hybridized carbons (Fsp3) is 0.714. The Hall–Kier alpha value is -1.84. The molecule has 1 saturated heterocycles. The Morgan fingerprint density at radius 1 is 0.969 bits per heavy atom. The van der Waals surface area contributed by atoms with Crippen LogP contribution in [0.25, 0.3) is 0 Å². The third-order valence-electron chi connectivity index (χ3n) is 10.8. The van der Waals surface area contributed by atoms with E-state index in [0.29, 0.717) is 29.6 Å². The molecule has 6 rings (SSSR count). The second kappa shape index (κ2) is 7.08. The van der Waals surface area contributed by atoms with Crippen LogP contribution in [-0.2, 0) is 16.1 Å². The minimum Gasteiger partial charge on any atom is -0.441 e. The number of ether oxygens (including phenoxy) is 1. The van der Waals surface area contributed by atoms with Crippen LogP contribution >= 0.6 is 0 Å². The Kier molecular flexibility index (Phi) is 4.59. The summed E-state index contributed by atoms with van der Waals surface area (Å²) in [6, 6.07) is 10.2. The molecular weight excluding hydrogens is 398 g/mol. The number of benzene rings is 1. The lowest BCUT2D eigenvalue weighted by molar-refractivity contribution is -0.149. The maximum Gasteiger partial charge on any atom is 0.410 e. The van der Waals surface area contributed by atoms with Gasteiger partial charge in [0, 0.05) is 18.4 Å². The Bertz CT molecular complexity index is 930. The number of hydrogen-bond donors (Lipinski definition) is 0. The second-order valence-corrected chi connectivity index (χ2v) is 12.2. The van der Waals surface area contributed by atoms with Gasteiger partial charge in [0.15, 0.2) is 0 Å². The summed E-state index contributed by atoms with van der Waals surface area (Å²) in [6.45, 7) is 6.19. The van der Waals surface area contributed by atoms with Crippen molar-refractivity contribution >= 4 is 11.9 Å². The Morgan fingerprint density at radius 3 is 2.59 bits per heavy atom. The van der Waals surface area contributed by atoms with Crippen molar-refractivity contribution in [2.45, 2.75) is 83.8 Å². The Morgan fingerprint density at radius 2 is 1.78 bits per heavy atom. The van der Waals surface area contributed by atoms with E-state index in [4.69, 9.17) is 4.74 Å². The van der Waals surface area contributed by atoms with Gasteiger partial charge >= 0.3 is 6.09 Å². The van der Waals surface area contributed by atoms with Gasteiger partial charge in [-0.05, 0) is 86.0 Å². The summed E-state index contributed by atoms with van der Waals surface area (Å²) in [5.41, 5.74) is 1.16. The van der Waals surface area contributed by atoms with Crippen LogP contribution in [-0.4, -0.2) is 28.9 Å². The number of hydrogen-bond acceptors (Lipinski definition) is 3. The molecular formula is C28H37NO3. The molecule has 0 radical (unpaired) electrons. The standard InChI is InChI=1S/C28H37NO3/c1-26-14-15-28(18-29(25(31)32-28)17-19-6-4-3-5-7-19)16-20(26)8-9-21-22-10-11-24(30)27(22,2)13-12-23(21)26/h3-7,20-23H,8-18H2,1-2H3/t20-,21-,22-,23-,26-,27-,28+/m0/s1. The van der Waals surface area contributed by atoms with E-state index < -0.39 is 0 Å². The fourth-order valence-corrected chi connectivity index (χ4v) is 8.93. The molecule has 172 valence electrons. The predicted octanol–water partition coefficient (Wildman–Crippen LogP) is 5.99. The molecule has 4 nitrogen and oxygen atoms in total. The first-order chi connectivity index (χ1) is 15.3. The fourth-order valence-electron chi connectivity index (χ4n) is 8.93. The zero-order valence-corrected chi connectivity index (χ0v) is 19.6. The van der Waals surface area contributed by atoms with Gasteiger partial charge in [-0.3, -0.25) is 9.69 Å². The van der Waals surface area contributed by atoms with Crippen molar-refractivity contribution < 1.29 is 14.3 Å². The van der Waals surface area contributed by atoms with Gasteiger partial charge in [-0.1, -0.05) is 44.2 Å². The van der Waals surface area contributed by atoms with Gasteiger partial charge in [-0.25, -0.2) is 4.79 Å². The zero-order valence-electron chi connectivity index (χ0n) is 19.6. The number of carbonyl (C=O) groups excluding carboxylic acids is 2. The van der Waals surface area contributed by atoms with E-state index in [0.717, 1.165) is 56.9 Å². The molecule has 5 aliphatic rings. The first-order valence-electron chi connectivity index (χ1n) is 12.9. The lowest BCUT2D eigenvalue weighted by Gasteiger charge is -2.61. The van der Waals surface area contributed by atoms with Gasteiger partial charge in [-0.2, -0.15) is 0 Å². The van der Waals surface area contributed by atoms with Gasteiger partial charge in [0.25, 0.3) is 0 Å². The highest BCUT2D eigenvalue weighted by Gasteiger charge is 2.62. The third kappa shape index (κ3) is 2.93. The third-order valence-corrected chi connectivity index (χ3v) is 10.8. The second-order valence-electron chi connectivity index (χ2n) is 12.2. The van der Waals surface area contributed by atoms with E-state index >= 15 is 0 Å². The number of nitrogens with zero attached hydrogens (tertiary/aromatic N) is 1. The van der Waals surface area contributed by atoms with E-state index in [2.05, 4.69) is 26.0 Å². The number of fused-ring (bicyclic) bond motifs is 5. The molecule has 0 bridgehead atoms. The molecule has 4 saturated carbocycles. The lowest BCUT2D eigenvalue weighted by atomic mass is 9.44. The number of ketones is 1. The quantitative estimate of drug-likeness (QED) is 0.573. The summed E-state index contributed by atoms with van der Waals surface area (Å²) in [6.07, 6.45) is 9.74. The summed E-state index contributed by atoms with van der Waals surface area (Å²) in [4.78, 5) is 27.4. The van der Waals surface area contributed by atoms with Crippen molar-refractivity contribution in [2.75, 3.05) is 6.54 Å². The summed E-state index contributed by atoms with van der Waals surface area (Å²) in [7, 11) is 0. The van der Waals surface area contributed by atoms with E-state index in [-0.39, 0.29) is 17.1 Å². The van der Waals surface area contributed by atoms with E-state index in [1.165, 1.54) is 24.8 Å². The monoisotopic (exact) mass is 435 g/mol. The molecule has 1 aromatic carbocycles. The van der Waals surface area contributed by atoms with Crippen molar-refractivity contribution in [2.24, 2.45) is 34.5 Å². The number of carbonyl (C=O) groups is 2. The molecule has 1 aromatic rings. The van der Waals surface area contributed by atoms with Crippen LogP contribution < -0.4 is 0 Å². The highest BCUT2D eigenvalue weighted by atomic mass is 16.6. The molecule has 1 aliphatic heterocycles. The number of amides is 1. The molecule has 1 spiro atoms. The molecule has 1 amide bonds. The maximum atomic E-state index is 12.8. The molecule has 32 heavy (non-hydrogen) atoms. The van der Waals surface area contributed by atoms with Crippen LogP contribution in [0.2, 0.25) is 0 Å². The summed E-state index contributed by atoms with van der Waals surface area (Å²) in [5.74, 6) is 3.22. The topological polar surface area (TPSA) is 46.6 Å². The van der Waals surface area contributed by atoms with Gasteiger partial charge in [-0.15, -0.1) is 0 Å². The molecule has 0 unspecified atom stereocenters. The van der Waals surface area contributed by atoms with Crippen molar-refractivity contribution in [3.05, 3.63) is 35.9 Å². The number of Topliss-reactive ketones (excluding diaryl/α,β-unsaturated/α-hetero) is 1. The molecule has 5 fully saturated rings. The van der Waals surface area contributed by atoms with Gasteiger partial charge in [0.2, 0.25) is 0 Å². The van der Waals surface area contributed by atoms with E-state index in [1.807, 2.05) is 23.1 Å². The van der Waals surface area contributed by atoms with Crippen LogP contribution in [0.15, 0.2) is 30.3 Å². The van der Waals surface area contributed by atoms with E-state index in [9.17, 15) is 9.59 Å². The smallest absolute Gasteiger partial charge is 0.410 e. The average molecular weight is 436 g/mol. The minimum absolute atomic E-state index is 0.0425. The van der Waals surface area contributed by atoms with E-state index in [1.54, 1.807) is 0 Å². The Balaban J connectivity index is 1.19. The summed E-state index contributed by atoms with van der Waals surface area (Å²) < 4.78 is 6.15. The van der Waals surface area contributed by atoms with Gasteiger partial charge in [0.1, 0.15) is 11.4 Å². The largest absolute Gasteiger partial charge is 0.441 e. The molecule has 1 heterocycles. The van der Waals surface area contributed by atoms with Crippen LogP contribution in [0.3, 0.4) is 0 Å². The minimum atomic E-state index is -0.296. The normalized spacial score (nSPS) is 45.4. The first kappa shape index (κ1) is 20.7. The van der Waals surface area contributed by atoms with Crippen molar-refractivity contribution in [3.63, 3.8) is 0 Å². The SMILES string of the molecule is C[C@]12CC[C@@]3(C[C@@H]1CC[C@@H]1[C@@H]2CC[C@]2(C)C(=O)CC[C@@H]12)CN(Cc1ccccc1)C(=O)O3. The average Bonchev–Trinajstić information content (AvgIpc) is 3.25. The lowest BCUT2D eigenvalue weighted by Crippen LogP contribution is -2.56. The molecule has 7 atom stereocenters. The van der Waals surface area contributed by atoms with Crippen LogP contribution in [0.4, 0.5) is 4.79 Å². The van der Waals surface area contributed by atoms with Crippen LogP contribution in [0.1, 0.15) is 77.2 Å². The Labute approximate surface area is 192 Å². The molecule has 0 aromatic heterocycles. The van der Waals surface area contributed by atoms with Crippen molar-refractivity contribution in [3.8, 4) is 0 Å². The number of rotatable bonds is 2. The van der Waals surface area contributed by atoms with Gasteiger partial charge < -0.3 is 4.74 Å². The molecule has 0 N–H and O–H groups in total.